The van der Waals surface area contributed by atoms with E-state index < -0.39 is 0 Å². The Morgan fingerprint density at radius 2 is 1.88 bits per heavy atom. The normalized spacial score (nSPS) is 10.8. The van der Waals surface area contributed by atoms with Crippen molar-refractivity contribution in [2.24, 2.45) is 11.7 Å². The molecule has 0 aliphatic heterocycles. The van der Waals surface area contributed by atoms with E-state index in [2.05, 4.69) is 32.0 Å². The summed E-state index contributed by atoms with van der Waals surface area (Å²) in [5, 5.41) is 0. The summed E-state index contributed by atoms with van der Waals surface area (Å²) in [5.41, 5.74) is 6.83. The van der Waals surface area contributed by atoms with E-state index in [0.717, 1.165) is 31.7 Å². The lowest BCUT2D eigenvalue weighted by Crippen LogP contribution is -2.11. The van der Waals surface area contributed by atoms with Gasteiger partial charge in [-0.15, -0.1) is 0 Å². The molecule has 1 rings (SSSR count). The molecule has 0 amide bonds. The van der Waals surface area contributed by atoms with Crippen molar-refractivity contribution >= 4 is 0 Å². The van der Waals surface area contributed by atoms with Gasteiger partial charge in [0.05, 0.1) is 6.61 Å². The van der Waals surface area contributed by atoms with Crippen LogP contribution in [0.25, 0.3) is 0 Å². The lowest BCUT2D eigenvalue weighted by molar-refractivity contribution is 0.238. The average molecular weight is 235 g/mol. The highest BCUT2D eigenvalue weighted by Crippen LogP contribution is 2.21. The van der Waals surface area contributed by atoms with E-state index in [1.165, 1.54) is 18.4 Å². The van der Waals surface area contributed by atoms with Crippen molar-refractivity contribution in [3.05, 3.63) is 29.8 Å². The summed E-state index contributed by atoms with van der Waals surface area (Å²) in [6.07, 6.45) is 4.39. The molecule has 0 aromatic heterocycles. The molecule has 0 fully saturated rings. The molecule has 0 radical (unpaired) electrons. The Morgan fingerprint density at radius 1 is 1.18 bits per heavy atom. The van der Waals surface area contributed by atoms with Crippen LogP contribution < -0.4 is 10.5 Å². The molecule has 1 aromatic carbocycles. The van der Waals surface area contributed by atoms with Crippen LogP contribution in [0.3, 0.4) is 0 Å². The summed E-state index contributed by atoms with van der Waals surface area (Å²) in [4.78, 5) is 0. The minimum atomic E-state index is 0.664. The van der Waals surface area contributed by atoms with Gasteiger partial charge < -0.3 is 10.5 Å². The van der Waals surface area contributed by atoms with Gasteiger partial charge >= 0.3 is 0 Å². The minimum Gasteiger partial charge on any atom is -0.493 e. The zero-order valence-corrected chi connectivity index (χ0v) is 11.1. The van der Waals surface area contributed by atoms with E-state index >= 15 is 0 Å². The standard InChI is InChI=1S/C15H25NO/c1-3-13(4-2)12-17-15-10-6-5-8-14(15)9-7-11-16/h5-6,8,10,13H,3-4,7,9,11-12,16H2,1-2H3. The Hall–Kier alpha value is -1.02. The Balaban J connectivity index is 2.56. The molecular formula is C15H25NO. The quantitative estimate of drug-likeness (QED) is 0.749. The van der Waals surface area contributed by atoms with Crippen molar-refractivity contribution in [3.63, 3.8) is 0 Å². The molecule has 0 saturated heterocycles. The summed E-state index contributed by atoms with van der Waals surface area (Å²) in [6.45, 7) is 6.00. The van der Waals surface area contributed by atoms with Crippen molar-refractivity contribution < 1.29 is 4.74 Å². The number of aryl methyl sites for hydroxylation is 1. The molecule has 0 atom stereocenters. The lowest BCUT2D eigenvalue weighted by atomic mass is 10.0. The number of benzene rings is 1. The molecule has 0 aliphatic rings. The van der Waals surface area contributed by atoms with Crippen LogP contribution in [0, 0.1) is 5.92 Å². The molecule has 0 heterocycles. The second-order valence-electron chi connectivity index (χ2n) is 4.49. The van der Waals surface area contributed by atoms with Gasteiger partial charge in [0.25, 0.3) is 0 Å². The molecule has 0 spiro atoms. The monoisotopic (exact) mass is 235 g/mol. The fraction of sp³-hybridized carbons (Fsp3) is 0.600. The van der Waals surface area contributed by atoms with Crippen LogP contribution in [0.4, 0.5) is 0 Å². The highest BCUT2D eigenvalue weighted by molar-refractivity contribution is 5.33. The predicted octanol–water partition coefficient (Wildman–Crippen LogP) is 3.39. The molecule has 1 aromatic rings. The third-order valence-corrected chi connectivity index (χ3v) is 3.25. The molecule has 17 heavy (non-hydrogen) atoms. The second-order valence-corrected chi connectivity index (χ2v) is 4.49. The number of hydrogen-bond donors (Lipinski definition) is 1. The van der Waals surface area contributed by atoms with Crippen LogP contribution >= 0.6 is 0 Å². The minimum absolute atomic E-state index is 0.664. The Kier molecular flexibility index (Phi) is 6.71. The number of nitrogens with two attached hydrogens (primary N) is 1. The molecule has 0 aliphatic carbocycles. The second kappa shape index (κ2) is 8.13. The van der Waals surface area contributed by atoms with Crippen molar-refractivity contribution in [1.82, 2.24) is 0 Å². The average Bonchev–Trinajstić information content (AvgIpc) is 2.38. The first kappa shape index (κ1) is 14.0. The van der Waals surface area contributed by atoms with Crippen LogP contribution in [-0.2, 0) is 6.42 Å². The van der Waals surface area contributed by atoms with Gasteiger partial charge in [-0.1, -0.05) is 44.9 Å². The molecule has 0 bridgehead atoms. The molecule has 0 unspecified atom stereocenters. The van der Waals surface area contributed by atoms with Gasteiger partial charge in [-0.25, -0.2) is 0 Å². The maximum absolute atomic E-state index is 5.94. The number of rotatable bonds is 8. The zero-order chi connectivity index (χ0) is 12.5. The third kappa shape index (κ3) is 4.78. The summed E-state index contributed by atoms with van der Waals surface area (Å²) in [5.74, 6) is 1.70. The summed E-state index contributed by atoms with van der Waals surface area (Å²) in [6, 6.07) is 8.30. The fourth-order valence-corrected chi connectivity index (χ4v) is 1.88. The van der Waals surface area contributed by atoms with E-state index in [1.54, 1.807) is 0 Å². The highest BCUT2D eigenvalue weighted by atomic mass is 16.5. The molecule has 2 N–H and O–H groups in total. The molecule has 96 valence electrons. The predicted molar refractivity (Wildman–Crippen MR) is 73.4 cm³/mol. The smallest absolute Gasteiger partial charge is 0.122 e. The van der Waals surface area contributed by atoms with Gasteiger partial charge in [0, 0.05) is 0 Å². The van der Waals surface area contributed by atoms with Crippen molar-refractivity contribution in [3.8, 4) is 5.75 Å². The number of ether oxygens (including phenoxy) is 1. The topological polar surface area (TPSA) is 35.2 Å². The van der Waals surface area contributed by atoms with E-state index in [1.807, 2.05) is 6.07 Å². The maximum atomic E-state index is 5.94. The number of para-hydroxylation sites is 1. The van der Waals surface area contributed by atoms with Gasteiger partial charge in [-0.2, -0.15) is 0 Å². The third-order valence-electron chi connectivity index (χ3n) is 3.25. The van der Waals surface area contributed by atoms with Crippen LogP contribution in [0.15, 0.2) is 24.3 Å². The van der Waals surface area contributed by atoms with Crippen LogP contribution in [0.5, 0.6) is 5.75 Å². The van der Waals surface area contributed by atoms with Crippen molar-refractivity contribution in [1.29, 1.82) is 0 Å². The Labute approximate surface area is 105 Å². The van der Waals surface area contributed by atoms with Gasteiger partial charge in [0.1, 0.15) is 5.75 Å². The first-order valence-corrected chi connectivity index (χ1v) is 6.72. The van der Waals surface area contributed by atoms with Crippen LogP contribution in [-0.4, -0.2) is 13.2 Å². The SMILES string of the molecule is CCC(CC)COc1ccccc1CCCN. The summed E-state index contributed by atoms with van der Waals surface area (Å²) >= 11 is 0. The first-order chi connectivity index (χ1) is 8.31. The summed E-state index contributed by atoms with van der Waals surface area (Å²) < 4.78 is 5.94. The van der Waals surface area contributed by atoms with Crippen LogP contribution in [0.2, 0.25) is 0 Å². The van der Waals surface area contributed by atoms with Gasteiger partial charge in [0.2, 0.25) is 0 Å². The Bertz CT molecular complexity index is 308. The summed E-state index contributed by atoms with van der Waals surface area (Å²) in [7, 11) is 0. The first-order valence-electron chi connectivity index (χ1n) is 6.72. The van der Waals surface area contributed by atoms with Gasteiger partial charge in [-0.3, -0.25) is 0 Å². The lowest BCUT2D eigenvalue weighted by Gasteiger charge is -2.16. The van der Waals surface area contributed by atoms with Gasteiger partial charge in [0.15, 0.2) is 0 Å². The number of hydrogen-bond acceptors (Lipinski definition) is 2. The van der Waals surface area contributed by atoms with E-state index in [-0.39, 0.29) is 0 Å². The largest absolute Gasteiger partial charge is 0.493 e. The molecule has 2 heteroatoms. The van der Waals surface area contributed by atoms with Gasteiger partial charge in [-0.05, 0) is 36.9 Å². The highest BCUT2D eigenvalue weighted by Gasteiger charge is 2.07. The maximum Gasteiger partial charge on any atom is 0.122 e. The fourth-order valence-electron chi connectivity index (χ4n) is 1.88. The molecule has 2 nitrogen and oxygen atoms in total. The Morgan fingerprint density at radius 3 is 2.53 bits per heavy atom. The zero-order valence-electron chi connectivity index (χ0n) is 11.1. The van der Waals surface area contributed by atoms with Crippen molar-refractivity contribution in [2.75, 3.05) is 13.2 Å². The van der Waals surface area contributed by atoms with Crippen LogP contribution in [0.1, 0.15) is 38.7 Å². The molecular weight excluding hydrogens is 210 g/mol. The molecule has 0 saturated carbocycles. The van der Waals surface area contributed by atoms with E-state index in [0.29, 0.717) is 5.92 Å². The van der Waals surface area contributed by atoms with E-state index in [9.17, 15) is 0 Å². The van der Waals surface area contributed by atoms with E-state index in [4.69, 9.17) is 10.5 Å². The van der Waals surface area contributed by atoms with Crippen molar-refractivity contribution in [2.45, 2.75) is 39.5 Å².